The lowest BCUT2D eigenvalue weighted by atomic mass is 9.98. The van der Waals surface area contributed by atoms with E-state index in [1.54, 1.807) is 6.07 Å². The summed E-state index contributed by atoms with van der Waals surface area (Å²) in [5.74, 6) is 0. The molecule has 1 heterocycles. The van der Waals surface area contributed by atoms with Gasteiger partial charge in [-0.15, -0.1) is 11.3 Å². The van der Waals surface area contributed by atoms with Gasteiger partial charge in [-0.05, 0) is 55.0 Å². The topological polar surface area (TPSA) is 26.0 Å². The van der Waals surface area contributed by atoms with Crippen LogP contribution in [0.25, 0.3) is 0 Å². The van der Waals surface area contributed by atoms with Crippen LogP contribution in [0, 0.1) is 0 Å². The van der Waals surface area contributed by atoms with Gasteiger partial charge in [-0.2, -0.15) is 0 Å². The highest BCUT2D eigenvalue weighted by atomic mass is 35.5. The van der Waals surface area contributed by atoms with Crippen LogP contribution in [0.4, 0.5) is 0 Å². The molecule has 0 bridgehead atoms. The smallest absolute Gasteiger partial charge is 0.0660 e. The standard InChI is InChI=1S/C15H15Cl2NS/c16-10-5-6-11(12(17)8-10)15(18)14-7-9-3-1-2-4-13(9)19-14/h5-8,15H,1-4,18H2. The van der Waals surface area contributed by atoms with Crippen LogP contribution in [0.2, 0.25) is 10.0 Å². The largest absolute Gasteiger partial charge is 0.320 e. The van der Waals surface area contributed by atoms with Crippen molar-refractivity contribution in [3.8, 4) is 0 Å². The molecule has 0 fully saturated rings. The summed E-state index contributed by atoms with van der Waals surface area (Å²) in [5.41, 5.74) is 8.79. The number of nitrogens with two attached hydrogens (primary N) is 1. The zero-order valence-corrected chi connectivity index (χ0v) is 12.8. The quantitative estimate of drug-likeness (QED) is 0.831. The molecule has 0 saturated carbocycles. The van der Waals surface area contributed by atoms with E-state index in [0.717, 1.165) is 5.56 Å². The van der Waals surface area contributed by atoms with E-state index in [0.29, 0.717) is 10.0 Å². The second kappa shape index (κ2) is 5.45. The fourth-order valence-electron chi connectivity index (χ4n) is 2.57. The first kappa shape index (κ1) is 13.4. The Labute approximate surface area is 127 Å². The first-order valence-corrected chi connectivity index (χ1v) is 8.04. The number of hydrogen-bond acceptors (Lipinski definition) is 2. The Bertz CT molecular complexity index is 583. The van der Waals surface area contributed by atoms with Gasteiger partial charge in [0.15, 0.2) is 0 Å². The normalized spacial score (nSPS) is 16.2. The first-order chi connectivity index (χ1) is 9.15. The van der Waals surface area contributed by atoms with Crippen LogP contribution in [0.15, 0.2) is 24.3 Å². The van der Waals surface area contributed by atoms with Crippen LogP contribution in [0.1, 0.15) is 39.8 Å². The van der Waals surface area contributed by atoms with Crippen LogP contribution < -0.4 is 5.73 Å². The van der Waals surface area contributed by atoms with Gasteiger partial charge in [-0.1, -0.05) is 29.3 Å². The molecule has 1 aromatic carbocycles. The fraction of sp³-hybridized carbons (Fsp3) is 0.333. The number of fused-ring (bicyclic) bond motifs is 1. The van der Waals surface area contributed by atoms with Crippen molar-refractivity contribution in [2.75, 3.05) is 0 Å². The summed E-state index contributed by atoms with van der Waals surface area (Å²) in [5, 5.41) is 1.29. The number of halogens is 2. The van der Waals surface area contributed by atoms with Gasteiger partial charge in [0.25, 0.3) is 0 Å². The van der Waals surface area contributed by atoms with Crippen molar-refractivity contribution >= 4 is 34.5 Å². The molecule has 1 aromatic heterocycles. The molecule has 1 nitrogen and oxygen atoms in total. The minimum atomic E-state index is -0.152. The van der Waals surface area contributed by atoms with Gasteiger partial charge in [0.1, 0.15) is 0 Å². The third-order valence-corrected chi connectivity index (χ3v) is 5.50. The Kier molecular flexibility index (Phi) is 3.86. The summed E-state index contributed by atoms with van der Waals surface area (Å²) in [6.07, 6.45) is 4.97. The molecule has 2 aromatic rings. The summed E-state index contributed by atoms with van der Waals surface area (Å²) in [4.78, 5) is 2.71. The van der Waals surface area contributed by atoms with Crippen LogP contribution >= 0.6 is 34.5 Å². The van der Waals surface area contributed by atoms with Crippen LogP contribution in [0.3, 0.4) is 0 Å². The number of aryl methyl sites for hydroxylation is 2. The molecule has 0 saturated heterocycles. The van der Waals surface area contributed by atoms with Gasteiger partial charge in [0.05, 0.1) is 6.04 Å². The maximum atomic E-state index is 6.36. The average Bonchev–Trinajstić information content (AvgIpc) is 2.81. The van der Waals surface area contributed by atoms with E-state index in [2.05, 4.69) is 6.07 Å². The van der Waals surface area contributed by atoms with Gasteiger partial charge in [0.2, 0.25) is 0 Å². The van der Waals surface area contributed by atoms with Gasteiger partial charge < -0.3 is 5.73 Å². The zero-order valence-electron chi connectivity index (χ0n) is 10.5. The van der Waals surface area contributed by atoms with Crippen molar-refractivity contribution in [2.24, 2.45) is 5.73 Å². The molecule has 3 rings (SSSR count). The molecule has 1 aliphatic carbocycles. The Morgan fingerprint density at radius 3 is 2.63 bits per heavy atom. The third-order valence-electron chi connectivity index (χ3n) is 3.62. The van der Waals surface area contributed by atoms with Crippen molar-refractivity contribution in [3.63, 3.8) is 0 Å². The van der Waals surface area contributed by atoms with E-state index in [4.69, 9.17) is 28.9 Å². The Hall–Kier alpha value is -0.540. The lowest BCUT2D eigenvalue weighted by Crippen LogP contribution is -2.10. The van der Waals surface area contributed by atoms with E-state index in [-0.39, 0.29) is 6.04 Å². The van der Waals surface area contributed by atoms with Crippen molar-refractivity contribution in [2.45, 2.75) is 31.7 Å². The number of hydrogen-bond donors (Lipinski definition) is 1. The number of thiophene rings is 1. The molecule has 0 aliphatic heterocycles. The predicted octanol–water partition coefficient (Wildman–Crippen LogP) is 4.98. The Morgan fingerprint density at radius 1 is 1.11 bits per heavy atom. The molecule has 1 unspecified atom stereocenters. The molecule has 100 valence electrons. The highest BCUT2D eigenvalue weighted by Gasteiger charge is 2.19. The van der Waals surface area contributed by atoms with E-state index in [1.165, 1.54) is 41.0 Å². The molecule has 1 aliphatic rings. The van der Waals surface area contributed by atoms with Crippen LogP contribution in [0.5, 0.6) is 0 Å². The summed E-state index contributed by atoms with van der Waals surface area (Å²) in [7, 11) is 0. The highest BCUT2D eigenvalue weighted by Crippen LogP contribution is 2.36. The summed E-state index contributed by atoms with van der Waals surface area (Å²) in [6, 6.07) is 7.63. The van der Waals surface area contributed by atoms with Crippen molar-refractivity contribution in [3.05, 3.63) is 55.2 Å². The van der Waals surface area contributed by atoms with E-state index >= 15 is 0 Å². The second-order valence-electron chi connectivity index (χ2n) is 4.95. The molecule has 2 N–H and O–H groups in total. The van der Waals surface area contributed by atoms with Gasteiger partial charge in [0, 0.05) is 19.8 Å². The molecule has 4 heteroatoms. The molecule has 0 radical (unpaired) electrons. The van der Waals surface area contributed by atoms with Crippen LogP contribution in [-0.4, -0.2) is 0 Å². The monoisotopic (exact) mass is 311 g/mol. The molecular weight excluding hydrogens is 297 g/mol. The van der Waals surface area contributed by atoms with Gasteiger partial charge in [-0.3, -0.25) is 0 Å². The zero-order chi connectivity index (χ0) is 13.4. The first-order valence-electron chi connectivity index (χ1n) is 6.47. The van der Waals surface area contributed by atoms with E-state index < -0.39 is 0 Å². The molecule has 0 spiro atoms. The van der Waals surface area contributed by atoms with Gasteiger partial charge in [-0.25, -0.2) is 0 Å². The van der Waals surface area contributed by atoms with Crippen molar-refractivity contribution in [1.82, 2.24) is 0 Å². The SMILES string of the molecule is NC(c1cc2c(s1)CCCC2)c1ccc(Cl)cc1Cl. The third kappa shape index (κ3) is 2.68. The molecule has 0 amide bonds. The highest BCUT2D eigenvalue weighted by molar-refractivity contribution is 7.12. The molecule has 1 atom stereocenters. The molecular formula is C15H15Cl2NS. The number of benzene rings is 1. The van der Waals surface area contributed by atoms with Gasteiger partial charge >= 0.3 is 0 Å². The van der Waals surface area contributed by atoms with Crippen molar-refractivity contribution < 1.29 is 0 Å². The van der Waals surface area contributed by atoms with Crippen LogP contribution in [-0.2, 0) is 12.8 Å². The summed E-state index contributed by atoms with van der Waals surface area (Å²) in [6.45, 7) is 0. The lowest BCUT2D eigenvalue weighted by molar-refractivity contribution is 0.696. The summed E-state index contributed by atoms with van der Waals surface area (Å²) < 4.78 is 0. The minimum Gasteiger partial charge on any atom is -0.320 e. The maximum Gasteiger partial charge on any atom is 0.0660 e. The Morgan fingerprint density at radius 2 is 1.89 bits per heavy atom. The van der Waals surface area contributed by atoms with Crippen molar-refractivity contribution in [1.29, 1.82) is 0 Å². The Balaban J connectivity index is 1.94. The fourth-order valence-corrected chi connectivity index (χ4v) is 4.38. The minimum absolute atomic E-state index is 0.152. The van der Waals surface area contributed by atoms with E-state index in [9.17, 15) is 0 Å². The number of rotatable bonds is 2. The van der Waals surface area contributed by atoms with E-state index in [1.807, 2.05) is 23.5 Å². The predicted molar refractivity (Wildman–Crippen MR) is 83.5 cm³/mol. The lowest BCUT2D eigenvalue weighted by Gasteiger charge is -2.12. The maximum absolute atomic E-state index is 6.36. The summed E-state index contributed by atoms with van der Waals surface area (Å²) >= 11 is 14.0. The molecule has 19 heavy (non-hydrogen) atoms. The second-order valence-corrected chi connectivity index (χ2v) is 6.96. The average molecular weight is 312 g/mol.